The predicted molar refractivity (Wildman–Crippen MR) is 80.9 cm³/mol. The highest BCUT2D eigenvalue weighted by molar-refractivity contribution is 5.53. The van der Waals surface area contributed by atoms with Crippen molar-refractivity contribution in [1.29, 1.82) is 0 Å². The minimum Gasteiger partial charge on any atom is -0.441 e. The maximum absolute atomic E-state index is 6.00. The van der Waals surface area contributed by atoms with E-state index >= 15 is 0 Å². The summed E-state index contributed by atoms with van der Waals surface area (Å²) >= 11 is 0. The number of rotatable bonds is 2. The van der Waals surface area contributed by atoms with E-state index in [1.807, 2.05) is 48.7 Å². The average molecular weight is 276 g/mol. The summed E-state index contributed by atoms with van der Waals surface area (Å²) in [6.45, 7) is 0. The predicted octanol–water partition coefficient (Wildman–Crippen LogP) is 4.01. The smallest absolute Gasteiger partial charge is 0.226 e. The second kappa shape index (κ2) is 5.17. The molecule has 3 nitrogen and oxygen atoms in total. The van der Waals surface area contributed by atoms with Crippen LogP contribution in [0, 0.1) is 0 Å². The molecular weight excluding hydrogens is 260 g/mol. The van der Waals surface area contributed by atoms with Gasteiger partial charge in [0.1, 0.15) is 5.76 Å². The van der Waals surface area contributed by atoms with E-state index in [9.17, 15) is 0 Å². The van der Waals surface area contributed by atoms with E-state index in [0.29, 0.717) is 5.92 Å². The van der Waals surface area contributed by atoms with Gasteiger partial charge in [0.05, 0.1) is 5.69 Å². The van der Waals surface area contributed by atoms with E-state index in [2.05, 4.69) is 16.0 Å². The first-order chi connectivity index (χ1) is 10.4. The number of hydrogen-bond donors (Lipinski definition) is 0. The molecule has 0 radical (unpaired) electrons. The van der Waals surface area contributed by atoms with Crippen molar-refractivity contribution in [1.82, 2.24) is 9.97 Å². The molecule has 3 aromatic rings. The van der Waals surface area contributed by atoms with Gasteiger partial charge in [-0.25, -0.2) is 4.98 Å². The van der Waals surface area contributed by atoms with Crippen LogP contribution < -0.4 is 0 Å². The minimum atomic E-state index is 0.440. The van der Waals surface area contributed by atoms with Gasteiger partial charge in [0.15, 0.2) is 0 Å². The van der Waals surface area contributed by atoms with Crippen LogP contribution >= 0.6 is 0 Å². The van der Waals surface area contributed by atoms with Gasteiger partial charge in [-0.3, -0.25) is 4.98 Å². The van der Waals surface area contributed by atoms with Gasteiger partial charge >= 0.3 is 0 Å². The molecule has 1 atom stereocenters. The molecule has 0 saturated carbocycles. The maximum atomic E-state index is 6.00. The van der Waals surface area contributed by atoms with Crippen molar-refractivity contribution in [3.05, 3.63) is 71.9 Å². The molecule has 0 fully saturated rings. The number of aromatic nitrogens is 2. The Bertz CT molecular complexity index is 734. The van der Waals surface area contributed by atoms with Gasteiger partial charge in [-0.1, -0.05) is 24.3 Å². The summed E-state index contributed by atoms with van der Waals surface area (Å²) in [4.78, 5) is 9.14. The number of aryl methyl sites for hydroxylation is 1. The summed E-state index contributed by atoms with van der Waals surface area (Å²) in [7, 11) is 0. The van der Waals surface area contributed by atoms with Gasteiger partial charge in [0.25, 0.3) is 0 Å². The zero-order chi connectivity index (χ0) is 14.1. The molecule has 1 aliphatic rings. The molecule has 0 N–H and O–H groups in total. The van der Waals surface area contributed by atoms with Crippen LogP contribution in [0.3, 0.4) is 0 Å². The zero-order valence-corrected chi connectivity index (χ0v) is 11.7. The molecule has 4 rings (SSSR count). The van der Waals surface area contributed by atoms with Crippen molar-refractivity contribution in [3.8, 4) is 11.5 Å². The van der Waals surface area contributed by atoms with Crippen LogP contribution in [0.5, 0.6) is 0 Å². The Kier molecular flexibility index (Phi) is 3.03. The van der Waals surface area contributed by atoms with E-state index in [-0.39, 0.29) is 0 Å². The zero-order valence-electron chi connectivity index (χ0n) is 11.7. The van der Waals surface area contributed by atoms with Gasteiger partial charge in [-0.15, -0.1) is 0 Å². The third-order valence-electron chi connectivity index (χ3n) is 4.07. The topological polar surface area (TPSA) is 38.9 Å². The summed E-state index contributed by atoms with van der Waals surface area (Å²) < 4.78 is 6.00. The van der Waals surface area contributed by atoms with Crippen molar-refractivity contribution >= 4 is 0 Å². The molecule has 104 valence electrons. The molecule has 0 saturated heterocycles. The molecule has 21 heavy (non-hydrogen) atoms. The van der Waals surface area contributed by atoms with E-state index < -0.39 is 0 Å². The molecule has 3 heteroatoms. The first kappa shape index (κ1) is 12.3. The van der Waals surface area contributed by atoms with E-state index in [4.69, 9.17) is 4.42 Å². The number of nitrogens with zero attached hydrogens (tertiary/aromatic N) is 2. The molecule has 1 aromatic carbocycles. The average Bonchev–Trinajstić information content (AvgIpc) is 2.99. The lowest BCUT2D eigenvalue weighted by atomic mass is 9.88. The van der Waals surface area contributed by atoms with Gasteiger partial charge < -0.3 is 4.42 Å². The lowest BCUT2D eigenvalue weighted by Crippen LogP contribution is -2.12. The highest BCUT2D eigenvalue weighted by Gasteiger charge is 2.26. The summed E-state index contributed by atoms with van der Waals surface area (Å²) in [5.74, 6) is 2.20. The number of benzene rings is 1. The Morgan fingerprint density at radius 2 is 1.86 bits per heavy atom. The molecule has 0 bridgehead atoms. The van der Waals surface area contributed by atoms with Crippen molar-refractivity contribution in [2.24, 2.45) is 0 Å². The molecule has 0 amide bonds. The molecule has 2 aromatic heterocycles. The molecule has 2 heterocycles. The first-order valence-corrected chi connectivity index (χ1v) is 7.35. The largest absolute Gasteiger partial charge is 0.441 e. The number of oxazole rings is 1. The quantitative estimate of drug-likeness (QED) is 0.710. The Labute approximate surface area is 123 Å². The second-order valence-corrected chi connectivity index (χ2v) is 5.45. The monoisotopic (exact) mass is 276 g/mol. The fraction of sp³-hybridized carbons (Fsp3) is 0.222. The number of pyridine rings is 1. The van der Waals surface area contributed by atoms with Gasteiger partial charge in [-0.2, -0.15) is 0 Å². The van der Waals surface area contributed by atoms with Crippen molar-refractivity contribution in [3.63, 3.8) is 0 Å². The van der Waals surface area contributed by atoms with E-state index in [1.54, 1.807) is 0 Å². The van der Waals surface area contributed by atoms with E-state index in [0.717, 1.165) is 47.9 Å². The fourth-order valence-electron chi connectivity index (χ4n) is 2.95. The van der Waals surface area contributed by atoms with E-state index in [1.165, 1.54) is 0 Å². The van der Waals surface area contributed by atoms with Crippen LogP contribution in [-0.2, 0) is 12.8 Å². The minimum absolute atomic E-state index is 0.440. The molecule has 1 aliphatic carbocycles. The highest BCUT2D eigenvalue weighted by atomic mass is 16.4. The lowest BCUT2D eigenvalue weighted by Gasteiger charge is -2.19. The summed E-state index contributed by atoms with van der Waals surface area (Å²) in [6.07, 6.45) is 4.81. The lowest BCUT2D eigenvalue weighted by molar-refractivity contribution is 0.454. The summed E-state index contributed by atoms with van der Waals surface area (Å²) in [5.41, 5.74) is 3.31. The van der Waals surface area contributed by atoms with Crippen molar-refractivity contribution in [2.45, 2.75) is 25.2 Å². The van der Waals surface area contributed by atoms with Gasteiger partial charge in [0, 0.05) is 29.8 Å². The number of hydrogen-bond acceptors (Lipinski definition) is 3. The van der Waals surface area contributed by atoms with Crippen LogP contribution in [0.2, 0.25) is 0 Å². The van der Waals surface area contributed by atoms with Crippen molar-refractivity contribution < 1.29 is 4.42 Å². The Hall–Kier alpha value is -2.42. The molecule has 1 unspecified atom stereocenters. The van der Waals surface area contributed by atoms with Crippen LogP contribution in [0.1, 0.15) is 29.5 Å². The number of fused-ring (bicyclic) bond motifs is 1. The summed E-state index contributed by atoms with van der Waals surface area (Å²) in [6, 6.07) is 16.2. The molecular formula is C18H16N2O. The van der Waals surface area contributed by atoms with Crippen LogP contribution in [0.4, 0.5) is 0 Å². The normalized spacial score (nSPS) is 17.4. The Morgan fingerprint density at radius 1 is 1.00 bits per heavy atom. The van der Waals surface area contributed by atoms with Gasteiger partial charge in [-0.05, 0) is 37.1 Å². The molecule has 0 spiro atoms. The third-order valence-corrected chi connectivity index (χ3v) is 4.07. The highest BCUT2D eigenvalue weighted by Crippen LogP contribution is 2.34. The van der Waals surface area contributed by atoms with Gasteiger partial charge in [0.2, 0.25) is 5.89 Å². The second-order valence-electron chi connectivity index (χ2n) is 5.45. The van der Waals surface area contributed by atoms with Crippen molar-refractivity contribution in [2.75, 3.05) is 0 Å². The SMILES string of the molecule is c1ccc(-c2nc3c(o2)CC(c2ccccn2)CC3)cc1. The van der Waals surface area contributed by atoms with Crippen LogP contribution in [0.25, 0.3) is 11.5 Å². The standard InChI is InChI=1S/C18H16N2O/c1-2-6-13(7-3-1)18-20-16-10-9-14(12-17(16)21-18)15-8-4-5-11-19-15/h1-8,11,14H,9-10,12H2. The fourth-order valence-corrected chi connectivity index (χ4v) is 2.95. The molecule has 0 aliphatic heterocycles. The maximum Gasteiger partial charge on any atom is 0.226 e. The first-order valence-electron chi connectivity index (χ1n) is 7.35. The van der Waals surface area contributed by atoms with Crippen LogP contribution in [0.15, 0.2) is 59.1 Å². The third kappa shape index (κ3) is 2.35. The van der Waals surface area contributed by atoms with Crippen LogP contribution in [-0.4, -0.2) is 9.97 Å². The Morgan fingerprint density at radius 3 is 2.67 bits per heavy atom. The summed E-state index contributed by atoms with van der Waals surface area (Å²) in [5, 5.41) is 0. The Balaban J connectivity index is 1.63.